The molecule has 2 bridgehead atoms. The number of benzene rings is 1. The van der Waals surface area contributed by atoms with Crippen molar-refractivity contribution in [3.63, 3.8) is 0 Å². The molecule has 120 valence electrons. The molecule has 2 fully saturated rings. The summed E-state index contributed by atoms with van der Waals surface area (Å²) in [5.41, 5.74) is 1.08. The predicted octanol–water partition coefficient (Wildman–Crippen LogP) is 3.47. The average Bonchev–Trinajstić information content (AvgIpc) is 3.26. The Morgan fingerprint density at radius 3 is 2.87 bits per heavy atom. The molecule has 0 spiro atoms. The molecule has 2 aliphatic heterocycles. The molecular weight excluding hydrogens is 308 g/mol. The van der Waals surface area contributed by atoms with Crippen LogP contribution < -0.4 is 15.4 Å². The quantitative estimate of drug-likeness (QED) is 0.903. The minimum Gasteiger partial charge on any atom is -0.446 e. The van der Waals surface area contributed by atoms with Crippen molar-refractivity contribution >= 4 is 17.2 Å². The Balaban J connectivity index is 1.41. The van der Waals surface area contributed by atoms with Gasteiger partial charge in [-0.1, -0.05) is 29.5 Å². The third-order valence-corrected chi connectivity index (χ3v) is 5.69. The molecule has 23 heavy (non-hydrogen) atoms. The Morgan fingerprint density at radius 2 is 2.13 bits per heavy atom. The number of para-hydroxylation sites is 1. The highest BCUT2D eigenvalue weighted by Gasteiger charge is 2.39. The summed E-state index contributed by atoms with van der Waals surface area (Å²) in [4.78, 5) is 13.1. The highest BCUT2D eigenvalue weighted by atomic mass is 32.1. The fourth-order valence-corrected chi connectivity index (χ4v) is 4.27. The van der Waals surface area contributed by atoms with E-state index in [0.29, 0.717) is 17.0 Å². The van der Waals surface area contributed by atoms with Crippen LogP contribution in [-0.4, -0.2) is 24.0 Å². The van der Waals surface area contributed by atoms with Crippen LogP contribution in [0.3, 0.4) is 0 Å². The number of carbonyl (C=O) groups excluding carboxylic acids is 1. The van der Waals surface area contributed by atoms with Crippen LogP contribution in [0.4, 0.5) is 0 Å². The molecule has 3 heterocycles. The fraction of sp³-hybridized carbons (Fsp3) is 0.389. The molecule has 2 N–H and O–H groups in total. The lowest BCUT2D eigenvalue weighted by Crippen LogP contribution is -2.42. The standard InChI is InChI=1S/C18H20N2O2S/c1-11-4-2-3-5-15(11)22-17-9-8-16(23-17)18(21)20-14-10-12-6-7-13(14)19-12/h2-5,8-9,12-14,19H,6-7,10H2,1H3,(H,20,21)/t12-,13+,14-/m1/s1. The molecule has 1 amide bonds. The zero-order chi connectivity index (χ0) is 15.8. The maximum Gasteiger partial charge on any atom is 0.261 e. The number of fused-ring (bicyclic) bond motifs is 2. The number of hydrogen-bond acceptors (Lipinski definition) is 4. The van der Waals surface area contributed by atoms with Gasteiger partial charge < -0.3 is 15.4 Å². The first kappa shape index (κ1) is 14.7. The van der Waals surface area contributed by atoms with Crippen LogP contribution in [0, 0.1) is 6.92 Å². The molecule has 0 radical (unpaired) electrons. The van der Waals surface area contributed by atoms with E-state index in [1.807, 2.05) is 43.3 Å². The molecule has 2 saturated heterocycles. The summed E-state index contributed by atoms with van der Waals surface area (Å²) in [6, 6.07) is 12.9. The Bertz CT molecular complexity index is 727. The fourth-order valence-electron chi connectivity index (χ4n) is 3.50. The number of thiophene rings is 1. The van der Waals surface area contributed by atoms with Crippen LogP contribution in [0.15, 0.2) is 36.4 Å². The first-order valence-electron chi connectivity index (χ1n) is 8.09. The number of carbonyl (C=O) groups is 1. The van der Waals surface area contributed by atoms with Gasteiger partial charge in [-0.15, -0.1) is 0 Å². The second-order valence-electron chi connectivity index (χ2n) is 6.35. The average molecular weight is 328 g/mol. The van der Waals surface area contributed by atoms with E-state index >= 15 is 0 Å². The first-order chi connectivity index (χ1) is 11.2. The molecule has 0 aliphatic carbocycles. The second kappa shape index (κ2) is 5.98. The summed E-state index contributed by atoms with van der Waals surface area (Å²) in [5.74, 6) is 0.840. The maximum atomic E-state index is 12.4. The number of rotatable bonds is 4. The van der Waals surface area contributed by atoms with Crippen LogP contribution in [0.5, 0.6) is 10.8 Å². The highest BCUT2D eigenvalue weighted by molar-refractivity contribution is 7.15. The lowest BCUT2D eigenvalue weighted by Gasteiger charge is -2.20. The summed E-state index contributed by atoms with van der Waals surface area (Å²) in [6.07, 6.45) is 3.46. The summed E-state index contributed by atoms with van der Waals surface area (Å²) in [7, 11) is 0. The van der Waals surface area contributed by atoms with Gasteiger partial charge in [0.25, 0.3) is 5.91 Å². The minimum absolute atomic E-state index is 0.00832. The van der Waals surface area contributed by atoms with E-state index in [1.54, 1.807) is 0 Å². The predicted molar refractivity (Wildman–Crippen MR) is 91.4 cm³/mol. The zero-order valence-electron chi connectivity index (χ0n) is 13.0. The van der Waals surface area contributed by atoms with E-state index < -0.39 is 0 Å². The van der Waals surface area contributed by atoms with E-state index in [9.17, 15) is 4.79 Å². The number of nitrogens with one attached hydrogen (secondary N) is 2. The molecular formula is C18H20N2O2S. The van der Waals surface area contributed by atoms with Crippen molar-refractivity contribution in [3.05, 3.63) is 46.8 Å². The topological polar surface area (TPSA) is 50.4 Å². The normalized spacial score (nSPS) is 25.5. The molecule has 3 atom stereocenters. The van der Waals surface area contributed by atoms with Gasteiger partial charge in [0.05, 0.1) is 4.88 Å². The molecule has 4 nitrogen and oxygen atoms in total. The number of amides is 1. The Labute approximate surface area is 139 Å². The number of ether oxygens (including phenoxy) is 1. The van der Waals surface area contributed by atoms with Gasteiger partial charge in [0.1, 0.15) is 5.75 Å². The van der Waals surface area contributed by atoms with Gasteiger partial charge in [0.15, 0.2) is 5.06 Å². The van der Waals surface area contributed by atoms with Gasteiger partial charge in [-0.25, -0.2) is 0 Å². The van der Waals surface area contributed by atoms with Crippen LogP contribution in [0.25, 0.3) is 0 Å². The largest absolute Gasteiger partial charge is 0.446 e. The highest BCUT2D eigenvalue weighted by Crippen LogP contribution is 2.32. The minimum atomic E-state index is 0.00832. The van der Waals surface area contributed by atoms with Gasteiger partial charge in [0.2, 0.25) is 0 Å². The van der Waals surface area contributed by atoms with Gasteiger partial charge in [0, 0.05) is 18.1 Å². The van der Waals surface area contributed by atoms with Crippen molar-refractivity contribution < 1.29 is 9.53 Å². The molecule has 4 rings (SSSR count). The molecule has 0 unspecified atom stereocenters. The number of aryl methyl sites for hydroxylation is 1. The third-order valence-electron chi connectivity index (χ3n) is 4.73. The Kier molecular flexibility index (Phi) is 3.83. The third kappa shape index (κ3) is 2.99. The van der Waals surface area contributed by atoms with Crippen molar-refractivity contribution in [2.45, 2.75) is 44.3 Å². The molecule has 2 aliphatic rings. The van der Waals surface area contributed by atoms with Crippen molar-refractivity contribution in [3.8, 4) is 10.8 Å². The summed E-state index contributed by atoms with van der Waals surface area (Å²) in [6.45, 7) is 2.01. The Morgan fingerprint density at radius 1 is 1.26 bits per heavy atom. The van der Waals surface area contributed by atoms with E-state index in [0.717, 1.165) is 22.8 Å². The van der Waals surface area contributed by atoms with Gasteiger partial charge in [-0.3, -0.25) is 4.79 Å². The lowest BCUT2D eigenvalue weighted by molar-refractivity contribution is 0.0935. The Hall–Kier alpha value is -1.85. The van der Waals surface area contributed by atoms with Crippen LogP contribution >= 0.6 is 11.3 Å². The van der Waals surface area contributed by atoms with Gasteiger partial charge in [-0.05, 0) is 49.9 Å². The monoisotopic (exact) mass is 328 g/mol. The van der Waals surface area contributed by atoms with E-state index in [-0.39, 0.29) is 11.9 Å². The molecule has 0 saturated carbocycles. The molecule has 1 aromatic heterocycles. The van der Waals surface area contributed by atoms with E-state index in [4.69, 9.17) is 4.74 Å². The van der Waals surface area contributed by atoms with Crippen molar-refractivity contribution in [1.29, 1.82) is 0 Å². The lowest BCUT2D eigenvalue weighted by atomic mass is 9.95. The molecule has 2 aromatic rings. The second-order valence-corrected chi connectivity index (χ2v) is 7.40. The maximum absolute atomic E-state index is 12.4. The molecule has 5 heteroatoms. The van der Waals surface area contributed by atoms with Gasteiger partial charge >= 0.3 is 0 Å². The van der Waals surface area contributed by atoms with Crippen molar-refractivity contribution in [2.24, 2.45) is 0 Å². The van der Waals surface area contributed by atoms with Gasteiger partial charge in [-0.2, -0.15) is 0 Å². The van der Waals surface area contributed by atoms with E-state index in [2.05, 4.69) is 10.6 Å². The van der Waals surface area contributed by atoms with Crippen molar-refractivity contribution in [2.75, 3.05) is 0 Å². The SMILES string of the molecule is Cc1ccccc1Oc1ccc(C(=O)N[C@@H]2C[C@H]3CC[C@@H]2N3)s1. The molecule has 1 aromatic carbocycles. The summed E-state index contributed by atoms with van der Waals surface area (Å²) in [5, 5.41) is 7.46. The smallest absolute Gasteiger partial charge is 0.261 e. The van der Waals surface area contributed by atoms with Crippen LogP contribution in [0.1, 0.15) is 34.5 Å². The number of hydrogen-bond donors (Lipinski definition) is 2. The van der Waals surface area contributed by atoms with Crippen LogP contribution in [0.2, 0.25) is 0 Å². The van der Waals surface area contributed by atoms with Crippen LogP contribution in [-0.2, 0) is 0 Å². The zero-order valence-corrected chi connectivity index (χ0v) is 13.9. The summed E-state index contributed by atoms with van der Waals surface area (Å²) >= 11 is 1.39. The van der Waals surface area contributed by atoms with E-state index in [1.165, 1.54) is 24.2 Å². The first-order valence-corrected chi connectivity index (χ1v) is 8.91. The van der Waals surface area contributed by atoms with Crippen molar-refractivity contribution in [1.82, 2.24) is 10.6 Å². The summed E-state index contributed by atoms with van der Waals surface area (Å²) < 4.78 is 5.89.